The van der Waals surface area contributed by atoms with Crippen LogP contribution in [0.5, 0.6) is 0 Å². The first kappa shape index (κ1) is 13.0. The van der Waals surface area contributed by atoms with Crippen molar-refractivity contribution in [2.24, 2.45) is 0 Å². The smallest absolute Gasteiger partial charge is 0.269 e. The van der Waals surface area contributed by atoms with Crippen LogP contribution in [-0.4, -0.2) is 22.9 Å². The lowest BCUT2D eigenvalue weighted by molar-refractivity contribution is -0.385. The van der Waals surface area contributed by atoms with Crippen molar-refractivity contribution in [3.63, 3.8) is 0 Å². The molecule has 4 nitrogen and oxygen atoms in total. The summed E-state index contributed by atoms with van der Waals surface area (Å²) in [5.41, 5.74) is 1.22. The Morgan fingerprint density at radius 3 is 2.94 bits per heavy atom. The van der Waals surface area contributed by atoms with E-state index in [1.165, 1.54) is 6.42 Å². The van der Waals surface area contributed by atoms with Crippen LogP contribution in [0.3, 0.4) is 0 Å². The molecular weight excluding hydrogens is 228 g/mol. The third-order valence-electron chi connectivity index (χ3n) is 3.96. The molecule has 0 aromatic heterocycles. The monoisotopic (exact) mass is 248 g/mol. The van der Waals surface area contributed by atoms with Gasteiger partial charge in [-0.05, 0) is 44.8 Å². The first-order valence-electron chi connectivity index (χ1n) is 6.58. The Bertz CT molecular complexity index is 447. The lowest BCUT2D eigenvalue weighted by atomic mass is 9.89. The minimum atomic E-state index is -0.314. The van der Waals surface area contributed by atoms with Gasteiger partial charge in [0.2, 0.25) is 0 Å². The molecule has 1 aliphatic rings. The fourth-order valence-corrected chi connectivity index (χ4v) is 2.93. The summed E-state index contributed by atoms with van der Waals surface area (Å²) in [6.45, 7) is 6.52. The zero-order valence-electron chi connectivity index (χ0n) is 11.1. The molecule has 1 unspecified atom stereocenters. The van der Waals surface area contributed by atoms with Gasteiger partial charge in [-0.3, -0.25) is 15.0 Å². The maximum atomic E-state index is 10.9. The first-order chi connectivity index (χ1) is 8.58. The highest BCUT2D eigenvalue weighted by Crippen LogP contribution is 2.39. The molecule has 0 aliphatic carbocycles. The quantitative estimate of drug-likeness (QED) is 0.606. The first-order valence-corrected chi connectivity index (χ1v) is 6.58. The third-order valence-corrected chi connectivity index (χ3v) is 3.96. The standard InChI is InChI=1S/C14H20N2O2/c1-3-9-15-10-5-8-14(15,2)12-6-4-7-13(11-12)16(17)18/h4,6-7,11H,3,5,8-10H2,1-2H3. The molecule has 1 atom stereocenters. The number of likely N-dealkylation sites (tertiary alicyclic amines) is 1. The second-order valence-corrected chi connectivity index (χ2v) is 5.17. The predicted octanol–water partition coefficient (Wildman–Crippen LogP) is 3.32. The third kappa shape index (κ3) is 2.25. The van der Waals surface area contributed by atoms with Crippen molar-refractivity contribution in [1.29, 1.82) is 0 Å². The van der Waals surface area contributed by atoms with E-state index >= 15 is 0 Å². The van der Waals surface area contributed by atoms with E-state index in [2.05, 4.69) is 18.7 Å². The van der Waals surface area contributed by atoms with Crippen LogP contribution in [0.2, 0.25) is 0 Å². The molecule has 0 amide bonds. The summed E-state index contributed by atoms with van der Waals surface area (Å²) >= 11 is 0. The number of rotatable bonds is 4. The molecule has 1 saturated heterocycles. The van der Waals surface area contributed by atoms with Gasteiger partial charge in [-0.1, -0.05) is 19.1 Å². The molecule has 98 valence electrons. The number of nitro benzene ring substituents is 1. The lowest BCUT2D eigenvalue weighted by Crippen LogP contribution is -2.39. The Hall–Kier alpha value is -1.42. The summed E-state index contributed by atoms with van der Waals surface area (Å²) < 4.78 is 0. The van der Waals surface area contributed by atoms with Gasteiger partial charge in [0.1, 0.15) is 0 Å². The number of hydrogen-bond donors (Lipinski definition) is 0. The molecule has 0 bridgehead atoms. The predicted molar refractivity (Wildman–Crippen MR) is 71.5 cm³/mol. The minimum absolute atomic E-state index is 0.0397. The molecule has 0 saturated carbocycles. The normalized spacial score (nSPS) is 24.3. The van der Waals surface area contributed by atoms with Gasteiger partial charge in [-0.25, -0.2) is 0 Å². The van der Waals surface area contributed by atoms with E-state index in [0.29, 0.717) is 0 Å². The van der Waals surface area contributed by atoms with Crippen LogP contribution in [0.1, 0.15) is 38.7 Å². The maximum Gasteiger partial charge on any atom is 0.269 e. The van der Waals surface area contributed by atoms with Gasteiger partial charge < -0.3 is 0 Å². The molecule has 0 radical (unpaired) electrons. The minimum Gasteiger partial charge on any atom is -0.294 e. The van der Waals surface area contributed by atoms with Crippen LogP contribution in [0.15, 0.2) is 24.3 Å². The molecule has 1 aromatic rings. The number of benzene rings is 1. The van der Waals surface area contributed by atoms with Gasteiger partial charge in [0.05, 0.1) is 4.92 Å². The Morgan fingerprint density at radius 1 is 1.50 bits per heavy atom. The molecule has 1 aliphatic heterocycles. The Kier molecular flexibility index (Phi) is 3.66. The van der Waals surface area contributed by atoms with Crippen molar-refractivity contribution in [3.8, 4) is 0 Å². The molecule has 1 heterocycles. The van der Waals surface area contributed by atoms with Crippen molar-refractivity contribution < 1.29 is 4.92 Å². The van der Waals surface area contributed by atoms with Crippen LogP contribution >= 0.6 is 0 Å². The highest BCUT2D eigenvalue weighted by molar-refractivity contribution is 5.38. The van der Waals surface area contributed by atoms with Crippen LogP contribution in [-0.2, 0) is 5.54 Å². The molecule has 18 heavy (non-hydrogen) atoms. The molecule has 0 N–H and O–H groups in total. The summed E-state index contributed by atoms with van der Waals surface area (Å²) in [5.74, 6) is 0. The fourth-order valence-electron chi connectivity index (χ4n) is 2.93. The van der Waals surface area contributed by atoms with Crippen molar-refractivity contribution in [1.82, 2.24) is 4.90 Å². The van der Waals surface area contributed by atoms with E-state index < -0.39 is 0 Å². The van der Waals surface area contributed by atoms with Gasteiger partial charge in [0.25, 0.3) is 5.69 Å². The second-order valence-electron chi connectivity index (χ2n) is 5.17. The summed E-state index contributed by atoms with van der Waals surface area (Å²) in [6, 6.07) is 7.10. The molecule has 1 fully saturated rings. The largest absolute Gasteiger partial charge is 0.294 e. The van der Waals surface area contributed by atoms with Crippen molar-refractivity contribution >= 4 is 5.69 Å². The number of hydrogen-bond acceptors (Lipinski definition) is 3. The average molecular weight is 248 g/mol. The zero-order chi connectivity index (χ0) is 13.2. The van der Waals surface area contributed by atoms with Crippen LogP contribution in [0.4, 0.5) is 5.69 Å². The van der Waals surface area contributed by atoms with Gasteiger partial charge in [-0.15, -0.1) is 0 Å². The SMILES string of the molecule is CCCN1CCCC1(C)c1cccc([N+](=O)[O-])c1. The Labute approximate surface area is 108 Å². The van der Waals surface area contributed by atoms with E-state index in [0.717, 1.165) is 31.5 Å². The summed E-state index contributed by atoms with van der Waals surface area (Å²) in [6.07, 6.45) is 3.36. The topological polar surface area (TPSA) is 46.4 Å². The van der Waals surface area contributed by atoms with Gasteiger partial charge in [-0.2, -0.15) is 0 Å². The van der Waals surface area contributed by atoms with Crippen molar-refractivity contribution in [2.45, 2.75) is 38.6 Å². The Morgan fingerprint density at radius 2 is 2.28 bits per heavy atom. The van der Waals surface area contributed by atoms with Crippen molar-refractivity contribution in [2.75, 3.05) is 13.1 Å². The molecular formula is C14H20N2O2. The van der Waals surface area contributed by atoms with Crippen LogP contribution < -0.4 is 0 Å². The number of nitro groups is 1. The van der Waals surface area contributed by atoms with Gasteiger partial charge in [0, 0.05) is 17.7 Å². The summed E-state index contributed by atoms with van der Waals surface area (Å²) in [5, 5.41) is 10.9. The van der Waals surface area contributed by atoms with Crippen molar-refractivity contribution in [3.05, 3.63) is 39.9 Å². The lowest BCUT2D eigenvalue weighted by Gasteiger charge is -2.35. The summed E-state index contributed by atoms with van der Waals surface area (Å²) in [4.78, 5) is 13.0. The second kappa shape index (κ2) is 5.06. The van der Waals surface area contributed by atoms with E-state index in [9.17, 15) is 10.1 Å². The fraction of sp³-hybridized carbons (Fsp3) is 0.571. The highest BCUT2D eigenvalue weighted by Gasteiger charge is 2.37. The number of non-ortho nitro benzene ring substituents is 1. The molecule has 2 rings (SSSR count). The van der Waals surface area contributed by atoms with Gasteiger partial charge in [0.15, 0.2) is 0 Å². The van der Waals surface area contributed by atoms with E-state index in [4.69, 9.17) is 0 Å². The average Bonchev–Trinajstić information content (AvgIpc) is 2.73. The highest BCUT2D eigenvalue weighted by atomic mass is 16.6. The molecule has 1 aromatic carbocycles. The van der Waals surface area contributed by atoms with Gasteiger partial charge >= 0.3 is 0 Å². The van der Waals surface area contributed by atoms with Crippen LogP contribution in [0, 0.1) is 10.1 Å². The maximum absolute atomic E-state index is 10.9. The number of nitrogens with zero attached hydrogens (tertiary/aromatic N) is 2. The van der Waals surface area contributed by atoms with Crippen LogP contribution in [0.25, 0.3) is 0 Å². The molecule has 4 heteroatoms. The Balaban J connectivity index is 2.34. The van der Waals surface area contributed by atoms with E-state index in [1.54, 1.807) is 18.2 Å². The summed E-state index contributed by atoms with van der Waals surface area (Å²) in [7, 11) is 0. The molecule has 0 spiro atoms. The zero-order valence-corrected chi connectivity index (χ0v) is 11.1. The van der Waals surface area contributed by atoms with E-state index in [-0.39, 0.29) is 16.1 Å². The van der Waals surface area contributed by atoms with E-state index in [1.807, 2.05) is 6.07 Å².